The van der Waals surface area contributed by atoms with Crippen molar-refractivity contribution in [2.75, 3.05) is 13.2 Å². The van der Waals surface area contributed by atoms with Crippen LogP contribution in [-0.2, 0) is 4.79 Å². The summed E-state index contributed by atoms with van der Waals surface area (Å²) in [6.07, 6.45) is -2.88. The number of unbranched alkanes of at least 4 members (excludes halogenated alkanes) is 1. The average molecular weight is 366 g/mol. The van der Waals surface area contributed by atoms with E-state index in [1.807, 2.05) is 6.92 Å². The highest BCUT2D eigenvalue weighted by Crippen LogP contribution is 2.45. The second-order valence-corrected chi connectivity index (χ2v) is 6.32. The summed E-state index contributed by atoms with van der Waals surface area (Å²) in [5.74, 6) is -0.200. The Balaban J connectivity index is 2.13. The van der Waals surface area contributed by atoms with E-state index in [2.05, 4.69) is 5.43 Å². The van der Waals surface area contributed by atoms with Gasteiger partial charge in [-0.25, -0.2) is 5.01 Å². The van der Waals surface area contributed by atoms with Crippen LogP contribution < -0.4 is 10.2 Å². The predicted octanol–water partition coefficient (Wildman–Crippen LogP) is 4.36. The molecule has 2 aromatic carbocycles. The Morgan fingerprint density at radius 1 is 1.23 bits per heavy atom. The molecule has 4 nitrogen and oxygen atoms in total. The SMILES string of the molecule is CCCCOc1ccc2ccccc2c1[C@H](N1CCC(=O)N1)C(F)(F)F. The quantitative estimate of drug-likeness (QED) is 0.773. The number of fused-ring (bicyclic) bond motifs is 1. The van der Waals surface area contributed by atoms with Gasteiger partial charge in [0.25, 0.3) is 0 Å². The lowest BCUT2D eigenvalue weighted by Crippen LogP contribution is -2.43. The number of nitrogens with zero attached hydrogens (tertiary/aromatic N) is 1. The summed E-state index contributed by atoms with van der Waals surface area (Å²) in [5.41, 5.74) is 2.39. The molecule has 0 aliphatic carbocycles. The molecule has 0 aromatic heterocycles. The van der Waals surface area contributed by atoms with Crippen molar-refractivity contribution in [3.05, 3.63) is 42.0 Å². The summed E-state index contributed by atoms with van der Waals surface area (Å²) in [7, 11) is 0. The van der Waals surface area contributed by atoms with E-state index in [0.717, 1.165) is 17.9 Å². The molecule has 0 spiro atoms. The number of amides is 1. The van der Waals surface area contributed by atoms with E-state index in [-0.39, 0.29) is 24.3 Å². The Morgan fingerprint density at radius 3 is 2.65 bits per heavy atom. The number of hydrogen-bond donors (Lipinski definition) is 1. The number of ether oxygens (including phenoxy) is 1. The van der Waals surface area contributed by atoms with Crippen molar-refractivity contribution < 1.29 is 22.7 Å². The van der Waals surface area contributed by atoms with Crippen molar-refractivity contribution >= 4 is 16.7 Å². The lowest BCUT2D eigenvalue weighted by molar-refractivity contribution is -0.191. The highest BCUT2D eigenvalue weighted by Gasteiger charge is 2.48. The Bertz CT molecular complexity index is 792. The molecule has 1 fully saturated rings. The van der Waals surface area contributed by atoms with Crippen molar-refractivity contribution in [1.82, 2.24) is 10.4 Å². The van der Waals surface area contributed by atoms with Crippen LogP contribution in [0.25, 0.3) is 10.8 Å². The zero-order valence-corrected chi connectivity index (χ0v) is 14.5. The smallest absolute Gasteiger partial charge is 0.410 e. The molecule has 0 saturated carbocycles. The van der Waals surface area contributed by atoms with E-state index in [1.165, 1.54) is 0 Å². The summed E-state index contributed by atoms with van der Waals surface area (Å²) in [5, 5.41) is 2.15. The van der Waals surface area contributed by atoms with E-state index in [9.17, 15) is 18.0 Å². The lowest BCUT2D eigenvalue weighted by atomic mass is 9.96. The third-order valence-corrected chi connectivity index (χ3v) is 4.43. The van der Waals surface area contributed by atoms with Crippen LogP contribution in [-0.4, -0.2) is 30.2 Å². The molecule has 1 atom stereocenters. The molecule has 1 aliphatic heterocycles. The zero-order chi connectivity index (χ0) is 18.7. The van der Waals surface area contributed by atoms with E-state index in [4.69, 9.17) is 4.74 Å². The van der Waals surface area contributed by atoms with E-state index < -0.39 is 18.1 Å². The van der Waals surface area contributed by atoms with Crippen molar-refractivity contribution in [3.8, 4) is 5.75 Å². The van der Waals surface area contributed by atoms with Gasteiger partial charge < -0.3 is 4.74 Å². The van der Waals surface area contributed by atoms with Crippen molar-refractivity contribution in [1.29, 1.82) is 0 Å². The maximum absolute atomic E-state index is 14.0. The molecule has 3 rings (SSSR count). The minimum Gasteiger partial charge on any atom is -0.493 e. The largest absolute Gasteiger partial charge is 0.493 e. The third-order valence-electron chi connectivity index (χ3n) is 4.43. The van der Waals surface area contributed by atoms with Crippen LogP contribution >= 0.6 is 0 Å². The molecule has 1 saturated heterocycles. The molecule has 2 aromatic rings. The first kappa shape index (κ1) is 18.5. The summed E-state index contributed by atoms with van der Waals surface area (Å²) < 4.78 is 47.8. The van der Waals surface area contributed by atoms with Gasteiger partial charge in [-0.2, -0.15) is 13.2 Å². The molecule has 7 heteroatoms. The van der Waals surface area contributed by atoms with Crippen molar-refractivity contribution in [2.45, 2.75) is 38.4 Å². The molecule has 1 N–H and O–H groups in total. The molecule has 0 bridgehead atoms. The normalized spacial score (nSPS) is 16.7. The van der Waals surface area contributed by atoms with Gasteiger partial charge in [-0.05, 0) is 23.3 Å². The molecule has 1 amide bonds. The van der Waals surface area contributed by atoms with Gasteiger partial charge in [0.05, 0.1) is 6.61 Å². The van der Waals surface area contributed by atoms with Crippen LogP contribution in [0.15, 0.2) is 36.4 Å². The number of carbonyl (C=O) groups excluding carboxylic acids is 1. The Kier molecular flexibility index (Phi) is 5.36. The molecule has 1 aliphatic rings. The van der Waals surface area contributed by atoms with Crippen LogP contribution in [0.2, 0.25) is 0 Å². The minimum atomic E-state index is -4.56. The molecular formula is C19H21F3N2O2. The molecule has 26 heavy (non-hydrogen) atoms. The van der Waals surface area contributed by atoms with E-state index >= 15 is 0 Å². The summed E-state index contributed by atoms with van der Waals surface area (Å²) >= 11 is 0. The Labute approximate surface area is 149 Å². The number of hydrazine groups is 1. The fourth-order valence-electron chi connectivity index (χ4n) is 3.19. The monoisotopic (exact) mass is 366 g/mol. The van der Waals surface area contributed by atoms with E-state index in [1.54, 1.807) is 36.4 Å². The number of hydrogen-bond acceptors (Lipinski definition) is 3. The predicted molar refractivity (Wildman–Crippen MR) is 92.6 cm³/mol. The summed E-state index contributed by atoms with van der Waals surface area (Å²) in [6, 6.07) is 8.30. The fourth-order valence-corrected chi connectivity index (χ4v) is 3.19. The third kappa shape index (κ3) is 3.77. The first-order valence-corrected chi connectivity index (χ1v) is 8.69. The number of benzene rings is 2. The van der Waals surface area contributed by atoms with Crippen LogP contribution in [0.4, 0.5) is 13.2 Å². The maximum atomic E-state index is 14.0. The maximum Gasteiger partial charge on any atom is 0.410 e. The highest BCUT2D eigenvalue weighted by molar-refractivity contribution is 5.88. The first-order chi connectivity index (χ1) is 12.4. The number of alkyl halides is 3. The number of halogens is 3. The first-order valence-electron chi connectivity index (χ1n) is 8.69. The average Bonchev–Trinajstić information content (AvgIpc) is 3.01. The van der Waals surface area contributed by atoms with Gasteiger partial charge in [-0.3, -0.25) is 10.2 Å². The molecular weight excluding hydrogens is 345 g/mol. The number of carbonyl (C=O) groups is 1. The Hall–Kier alpha value is -2.28. The van der Waals surface area contributed by atoms with Gasteiger partial charge in [0, 0.05) is 18.5 Å². The van der Waals surface area contributed by atoms with Gasteiger partial charge in [0.15, 0.2) is 6.04 Å². The van der Waals surface area contributed by atoms with E-state index in [0.29, 0.717) is 17.4 Å². The molecule has 0 radical (unpaired) electrons. The van der Waals surface area contributed by atoms with Crippen LogP contribution in [0, 0.1) is 0 Å². The van der Waals surface area contributed by atoms with Crippen LogP contribution in [0.5, 0.6) is 5.75 Å². The van der Waals surface area contributed by atoms with Crippen LogP contribution in [0.3, 0.4) is 0 Å². The molecule has 1 heterocycles. The highest BCUT2D eigenvalue weighted by atomic mass is 19.4. The van der Waals surface area contributed by atoms with Crippen LogP contribution in [0.1, 0.15) is 37.8 Å². The van der Waals surface area contributed by atoms with Crippen molar-refractivity contribution in [3.63, 3.8) is 0 Å². The van der Waals surface area contributed by atoms with Gasteiger partial charge in [0.2, 0.25) is 5.91 Å². The second kappa shape index (κ2) is 7.53. The van der Waals surface area contributed by atoms with Gasteiger partial charge in [-0.15, -0.1) is 0 Å². The topological polar surface area (TPSA) is 41.6 Å². The summed E-state index contributed by atoms with van der Waals surface area (Å²) in [4.78, 5) is 11.5. The zero-order valence-electron chi connectivity index (χ0n) is 14.5. The number of rotatable bonds is 6. The van der Waals surface area contributed by atoms with Gasteiger partial charge in [0.1, 0.15) is 5.75 Å². The van der Waals surface area contributed by atoms with Gasteiger partial charge >= 0.3 is 6.18 Å². The summed E-state index contributed by atoms with van der Waals surface area (Å²) in [6.45, 7) is 2.34. The van der Waals surface area contributed by atoms with Crippen molar-refractivity contribution in [2.24, 2.45) is 0 Å². The fraction of sp³-hybridized carbons (Fsp3) is 0.421. The van der Waals surface area contributed by atoms with Gasteiger partial charge in [-0.1, -0.05) is 43.7 Å². The molecule has 0 unspecified atom stereocenters. The minimum absolute atomic E-state index is 0.000626. The standard InChI is InChI=1S/C19H21F3N2O2/c1-2-3-12-26-15-9-8-13-6-4-5-7-14(13)17(15)18(19(20,21)22)24-11-10-16(25)23-24/h4-9,18H,2-3,10-12H2,1H3,(H,23,25)/t18-/m0/s1. The second-order valence-electron chi connectivity index (χ2n) is 6.32. The lowest BCUT2D eigenvalue weighted by Gasteiger charge is -2.31. The molecule has 140 valence electrons. The number of nitrogens with one attached hydrogen (secondary N) is 1. The Morgan fingerprint density at radius 2 is 2.00 bits per heavy atom.